The van der Waals surface area contributed by atoms with E-state index in [0.29, 0.717) is 50.9 Å². The van der Waals surface area contributed by atoms with E-state index in [2.05, 4.69) is 93.4 Å². The summed E-state index contributed by atoms with van der Waals surface area (Å²) in [5.41, 5.74) is 6.50. The van der Waals surface area contributed by atoms with Crippen LogP contribution in [-0.4, -0.2) is 104 Å². The number of fused-ring (bicyclic) bond motifs is 6. The molecule has 3 aliphatic heterocycles. The van der Waals surface area contributed by atoms with Gasteiger partial charge in [0, 0.05) is 30.7 Å². The highest BCUT2D eigenvalue weighted by Gasteiger charge is 2.44. The Balaban J connectivity index is 1.04. The Bertz CT molecular complexity index is 2550. The molecule has 64 heavy (non-hydrogen) atoms. The summed E-state index contributed by atoms with van der Waals surface area (Å²) in [6.07, 6.45) is 3.39. The topological polar surface area (TPSA) is 193 Å². The van der Waals surface area contributed by atoms with Crippen molar-refractivity contribution >= 4 is 68.4 Å². The van der Waals surface area contributed by atoms with Crippen LogP contribution >= 0.6 is 22.6 Å². The van der Waals surface area contributed by atoms with E-state index >= 15 is 0 Å². The Labute approximate surface area is 386 Å². The zero-order valence-electron chi connectivity index (χ0n) is 37.3. The van der Waals surface area contributed by atoms with E-state index < -0.39 is 30.3 Å². The summed E-state index contributed by atoms with van der Waals surface area (Å²) in [5.74, 6) is 1.74. The van der Waals surface area contributed by atoms with Crippen molar-refractivity contribution in [3.63, 3.8) is 0 Å². The number of alkyl carbamates (subject to hydrolysis) is 2. The Morgan fingerprint density at radius 2 is 1.67 bits per heavy atom. The third-order valence-corrected chi connectivity index (χ3v) is 13.9. The number of carbonyl (C=O) groups is 4. The number of halogens is 1. The lowest BCUT2D eigenvalue weighted by molar-refractivity contribution is -0.138. The molecule has 340 valence electrons. The third kappa shape index (κ3) is 8.97. The number of nitrogens with one attached hydrogen (secondary N) is 4. The lowest BCUT2D eigenvalue weighted by Gasteiger charge is -2.35. The third-order valence-electron chi connectivity index (χ3n) is 12.7. The fraction of sp³-hybridized carbons (Fsp3) is 0.489. The Morgan fingerprint density at radius 1 is 0.922 bits per heavy atom. The molecule has 8 rings (SSSR count). The largest absolute Gasteiger partial charge is 0.488 e. The molecule has 2 saturated heterocycles. The molecule has 3 aromatic carbocycles. The van der Waals surface area contributed by atoms with Crippen LogP contribution in [0.2, 0.25) is 0 Å². The molecular weight excluding hydrogens is 931 g/mol. The van der Waals surface area contributed by atoms with Crippen molar-refractivity contribution in [2.75, 3.05) is 34.0 Å². The summed E-state index contributed by atoms with van der Waals surface area (Å²) in [5, 5.41) is 7.55. The van der Waals surface area contributed by atoms with Crippen LogP contribution in [0.25, 0.3) is 44.2 Å². The number of carbonyl (C=O) groups excluding carboxylic acids is 4. The zero-order valence-corrected chi connectivity index (χ0v) is 39.5. The molecule has 4 amide bonds. The highest BCUT2D eigenvalue weighted by molar-refractivity contribution is 14.1. The van der Waals surface area contributed by atoms with Gasteiger partial charge in [0.15, 0.2) is 0 Å². The van der Waals surface area contributed by atoms with Gasteiger partial charge in [-0.05, 0) is 96.7 Å². The Kier molecular flexibility index (Phi) is 13.4. The maximum absolute atomic E-state index is 14.4. The lowest BCUT2D eigenvalue weighted by Crippen LogP contribution is -2.54. The van der Waals surface area contributed by atoms with E-state index in [1.54, 1.807) is 11.1 Å². The van der Waals surface area contributed by atoms with Crippen molar-refractivity contribution in [3.8, 4) is 28.1 Å². The van der Waals surface area contributed by atoms with Crippen molar-refractivity contribution in [1.29, 1.82) is 0 Å². The van der Waals surface area contributed by atoms with E-state index in [-0.39, 0.29) is 39.7 Å². The first kappa shape index (κ1) is 45.1. The van der Waals surface area contributed by atoms with E-state index in [1.165, 1.54) is 14.2 Å². The number of alkyl halides is 1. The van der Waals surface area contributed by atoms with Crippen LogP contribution in [0.1, 0.15) is 89.6 Å². The second-order valence-corrected chi connectivity index (χ2v) is 19.2. The minimum absolute atomic E-state index is 0.0628. The van der Waals surface area contributed by atoms with Gasteiger partial charge in [0.05, 0.1) is 53.3 Å². The summed E-state index contributed by atoms with van der Waals surface area (Å²) >= 11 is 2.33. The van der Waals surface area contributed by atoms with Crippen molar-refractivity contribution in [2.24, 2.45) is 17.8 Å². The predicted molar refractivity (Wildman–Crippen MR) is 250 cm³/mol. The molecule has 0 aliphatic carbocycles. The molecular formula is C47H57IN8O8. The number of imidazole rings is 2. The number of hydrogen-bond acceptors (Lipinski definition) is 10. The number of ether oxygens (including phenoxy) is 4. The average Bonchev–Trinajstić information content (AvgIpc) is 4.07. The van der Waals surface area contributed by atoms with Gasteiger partial charge in [-0.3, -0.25) is 9.59 Å². The molecule has 5 atom stereocenters. The number of aromatic amines is 2. The Hall–Kier alpha value is -5.43. The van der Waals surface area contributed by atoms with Crippen LogP contribution < -0.4 is 15.4 Å². The molecule has 0 unspecified atom stereocenters. The molecule has 5 aromatic rings. The van der Waals surface area contributed by atoms with E-state index in [1.807, 2.05) is 31.7 Å². The second kappa shape index (κ2) is 19.0. The number of aromatic nitrogens is 4. The SMILES string of the molecule is COC(=O)N[C@H](C(=O)N(CC(C)C)[C@@H](C)c1ncc(-c2ccc3c(c2)COc2cc4c(ccc5nc([C@@H]6CC[C@H](I)N6C(=O)[C@@H](NC(=O)OC)C6CCOCC6)[nH]c54)cc2-3)[nH]1)C(C)C. The van der Waals surface area contributed by atoms with Crippen molar-refractivity contribution in [1.82, 2.24) is 40.4 Å². The number of likely N-dealkylation sites (tertiary alicyclic amines) is 1. The number of H-pyrrole nitrogens is 2. The van der Waals surface area contributed by atoms with Crippen LogP contribution in [0, 0.1) is 17.8 Å². The average molecular weight is 989 g/mol. The monoisotopic (exact) mass is 988 g/mol. The van der Waals surface area contributed by atoms with Crippen LogP contribution in [0.4, 0.5) is 9.59 Å². The molecule has 17 heteroatoms. The molecule has 5 heterocycles. The summed E-state index contributed by atoms with van der Waals surface area (Å²) in [6, 6.07) is 12.4. The molecule has 0 bridgehead atoms. The summed E-state index contributed by atoms with van der Waals surface area (Å²) in [4.78, 5) is 73.4. The highest BCUT2D eigenvalue weighted by atomic mass is 127. The maximum Gasteiger partial charge on any atom is 0.407 e. The normalized spacial score (nSPS) is 18.9. The summed E-state index contributed by atoms with van der Waals surface area (Å²) in [7, 11) is 2.60. The van der Waals surface area contributed by atoms with Gasteiger partial charge in [0.1, 0.15) is 36.1 Å². The van der Waals surface area contributed by atoms with Gasteiger partial charge >= 0.3 is 12.2 Å². The quantitative estimate of drug-likeness (QED) is 0.0539. The van der Waals surface area contributed by atoms with Crippen LogP contribution in [-0.2, 0) is 30.4 Å². The minimum Gasteiger partial charge on any atom is -0.488 e. The molecule has 2 aromatic heterocycles. The fourth-order valence-electron chi connectivity index (χ4n) is 9.30. The van der Waals surface area contributed by atoms with E-state index in [0.717, 1.165) is 68.3 Å². The van der Waals surface area contributed by atoms with E-state index in [4.69, 9.17) is 28.9 Å². The molecule has 16 nitrogen and oxygen atoms in total. The molecule has 2 fully saturated rings. The number of hydrogen-bond donors (Lipinski definition) is 4. The van der Waals surface area contributed by atoms with Crippen LogP contribution in [0.5, 0.6) is 5.75 Å². The number of amides is 4. The second-order valence-electron chi connectivity index (χ2n) is 17.7. The molecule has 3 aliphatic rings. The van der Waals surface area contributed by atoms with Crippen molar-refractivity contribution in [2.45, 2.75) is 95.1 Å². The van der Waals surface area contributed by atoms with Gasteiger partial charge in [-0.15, -0.1) is 0 Å². The van der Waals surface area contributed by atoms with Gasteiger partial charge in [0.25, 0.3) is 0 Å². The van der Waals surface area contributed by atoms with E-state index in [9.17, 15) is 19.2 Å². The summed E-state index contributed by atoms with van der Waals surface area (Å²) < 4.78 is 21.7. The molecule has 0 spiro atoms. The number of methoxy groups -OCH3 is 2. The molecule has 0 radical (unpaired) electrons. The van der Waals surface area contributed by atoms with Crippen molar-refractivity contribution < 1.29 is 38.1 Å². The van der Waals surface area contributed by atoms with Gasteiger partial charge in [-0.2, -0.15) is 0 Å². The van der Waals surface area contributed by atoms with Gasteiger partial charge in [0.2, 0.25) is 11.8 Å². The number of rotatable bonds is 12. The first-order valence-corrected chi connectivity index (χ1v) is 23.3. The first-order chi connectivity index (χ1) is 30.8. The van der Waals surface area contributed by atoms with Crippen molar-refractivity contribution in [3.05, 3.63) is 65.9 Å². The Morgan fingerprint density at radius 3 is 2.39 bits per heavy atom. The van der Waals surface area contributed by atoms with Gasteiger partial charge in [-0.1, -0.05) is 68.5 Å². The first-order valence-electron chi connectivity index (χ1n) is 22.1. The predicted octanol–water partition coefficient (Wildman–Crippen LogP) is 8.17. The zero-order chi connectivity index (χ0) is 45.4. The van der Waals surface area contributed by atoms with Gasteiger partial charge < -0.3 is 49.3 Å². The highest BCUT2D eigenvalue weighted by Crippen LogP contribution is 2.44. The summed E-state index contributed by atoms with van der Waals surface area (Å²) in [6.45, 7) is 11.8. The standard InChI is InChI=1S/C47H57IN8O8/c1-24(2)22-55(44(57)39(25(3)4)53-46(59)61-6)26(5)42-49-21-35(51-42)29-8-10-31-30(18-29)23-64-37-20-32-28(19-33(31)37)9-11-34-41(32)52-43(50-34)36-12-13-38(48)56(36)45(58)40(54-47(60)62-7)27-14-16-63-17-15-27/h8-11,18-21,24-27,36,38-40H,12-17,22-23H2,1-7H3,(H,49,51)(H,50,52)(H,53,59)(H,54,60)/t26-,36-,38+,39-,40-/m0/s1. The molecule has 0 saturated carbocycles. The minimum atomic E-state index is -0.754. The number of benzene rings is 3. The molecule has 4 N–H and O–H groups in total. The van der Waals surface area contributed by atoms with Crippen LogP contribution in [0.3, 0.4) is 0 Å². The smallest absolute Gasteiger partial charge is 0.407 e. The fourth-order valence-corrected chi connectivity index (χ4v) is 10.3. The number of nitrogens with zero attached hydrogens (tertiary/aromatic N) is 4. The maximum atomic E-state index is 14.4. The van der Waals surface area contributed by atoms with Crippen LogP contribution in [0.15, 0.2) is 48.7 Å². The van der Waals surface area contributed by atoms with Gasteiger partial charge in [-0.25, -0.2) is 19.6 Å². The lowest BCUT2D eigenvalue weighted by atomic mass is 9.90.